The maximum absolute atomic E-state index is 12.6. The van der Waals surface area contributed by atoms with Gasteiger partial charge in [-0.1, -0.05) is 18.2 Å². The molecule has 0 aliphatic carbocycles. The summed E-state index contributed by atoms with van der Waals surface area (Å²) in [4.78, 5) is 28.3. The predicted octanol–water partition coefficient (Wildman–Crippen LogP) is 4.53. The van der Waals surface area contributed by atoms with Crippen molar-refractivity contribution in [1.82, 2.24) is 10.2 Å². The van der Waals surface area contributed by atoms with E-state index in [1.807, 2.05) is 18.2 Å². The van der Waals surface area contributed by atoms with E-state index >= 15 is 0 Å². The van der Waals surface area contributed by atoms with Crippen LogP contribution in [0.25, 0.3) is 21.2 Å². The zero-order chi connectivity index (χ0) is 22.2. The van der Waals surface area contributed by atoms with E-state index < -0.39 is 0 Å². The first-order valence-electron chi connectivity index (χ1n) is 11.3. The molecule has 166 valence electrons. The minimum Gasteiger partial charge on any atom is -0.488 e. The lowest BCUT2D eigenvalue weighted by Crippen LogP contribution is -2.44. The fourth-order valence-electron chi connectivity index (χ4n) is 4.83. The van der Waals surface area contributed by atoms with E-state index in [9.17, 15) is 9.59 Å². The lowest BCUT2D eigenvalue weighted by atomic mass is 9.97. The average Bonchev–Trinajstić information content (AvgIpc) is 3.44. The van der Waals surface area contributed by atoms with Gasteiger partial charge in [-0.15, -0.1) is 11.3 Å². The molecule has 3 aromatic rings. The fourth-order valence-corrected chi connectivity index (χ4v) is 5.73. The molecule has 0 spiro atoms. The summed E-state index contributed by atoms with van der Waals surface area (Å²) in [5.41, 5.74) is 2.33. The number of hydrogen-bond donors (Lipinski definition) is 1. The second-order valence-corrected chi connectivity index (χ2v) is 10.1. The Morgan fingerprint density at radius 3 is 2.84 bits per heavy atom. The van der Waals surface area contributed by atoms with Gasteiger partial charge in [0.15, 0.2) is 5.78 Å². The Labute approximate surface area is 192 Å². The maximum Gasteiger partial charge on any atom is 0.224 e. The molecule has 2 unspecified atom stereocenters. The number of carbonyl (C=O) groups excluding carboxylic acids is 2. The molecule has 2 aromatic carbocycles. The van der Waals surface area contributed by atoms with Crippen molar-refractivity contribution in [3.63, 3.8) is 0 Å². The van der Waals surface area contributed by atoms with Crippen molar-refractivity contribution in [2.24, 2.45) is 5.92 Å². The zero-order valence-corrected chi connectivity index (χ0v) is 19.3. The summed E-state index contributed by atoms with van der Waals surface area (Å²) in [6.07, 6.45) is 2.81. The van der Waals surface area contributed by atoms with Gasteiger partial charge in [-0.2, -0.15) is 0 Å². The van der Waals surface area contributed by atoms with E-state index in [0.29, 0.717) is 6.54 Å². The van der Waals surface area contributed by atoms with E-state index in [4.69, 9.17) is 4.74 Å². The zero-order valence-electron chi connectivity index (χ0n) is 18.5. The summed E-state index contributed by atoms with van der Waals surface area (Å²) in [5.74, 6) is 1.24. The third-order valence-corrected chi connectivity index (χ3v) is 7.79. The quantitative estimate of drug-likeness (QED) is 0.583. The Bertz CT molecular complexity index is 1190. The molecule has 32 heavy (non-hydrogen) atoms. The molecule has 5 nitrogen and oxygen atoms in total. The number of likely N-dealkylation sites (tertiary alicyclic amines) is 1. The van der Waals surface area contributed by atoms with Crippen LogP contribution in [0, 0.1) is 5.92 Å². The van der Waals surface area contributed by atoms with Crippen molar-refractivity contribution in [2.45, 2.75) is 32.3 Å². The van der Waals surface area contributed by atoms with E-state index in [1.165, 1.54) is 22.3 Å². The lowest BCUT2D eigenvalue weighted by molar-refractivity contribution is -0.126. The monoisotopic (exact) mass is 448 g/mol. The average molecular weight is 449 g/mol. The van der Waals surface area contributed by atoms with Crippen LogP contribution >= 0.6 is 11.3 Å². The highest BCUT2D eigenvalue weighted by Gasteiger charge is 2.28. The molecule has 2 aliphatic rings. The number of thiophene rings is 1. The molecule has 2 aliphatic heterocycles. The molecule has 6 heteroatoms. The molecular formula is C26H28N2O3S. The van der Waals surface area contributed by atoms with Gasteiger partial charge in [0.25, 0.3) is 0 Å². The Morgan fingerprint density at radius 2 is 2.06 bits per heavy atom. The third-order valence-electron chi connectivity index (χ3n) is 6.55. The molecule has 5 rings (SSSR count). The van der Waals surface area contributed by atoms with Gasteiger partial charge in [0, 0.05) is 23.4 Å². The molecule has 1 aromatic heterocycles. The largest absolute Gasteiger partial charge is 0.488 e. The Kier molecular flexibility index (Phi) is 5.74. The number of ether oxygens (including phenoxy) is 1. The molecule has 1 saturated heterocycles. The van der Waals surface area contributed by atoms with Crippen LogP contribution in [0.15, 0.2) is 42.5 Å². The van der Waals surface area contributed by atoms with Gasteiger partial charge < -0.3 is 15.0 Å². The number of nitrogens with zero attached hydrogens (tertiary/aromatic N) is 1. The molecule has 2 atom stereocenters. The predicted molar refractivity (Wildman–Crippen MR) is 129 cm³/mol. The number of rotatable bonds is 5. The summed E-state index contributed by atoms with van der Waals surface area (Å²) >= 11 is 1.53. The number of amides is 1. The Balaban J connectivity index is 1.28. The van der Waals surface area contributed by atoms with Crippen LogP contribution in [0.3, 0.4) is 0 Å². The van der Waals surface area contributed by atoms with E-state index in [-0.39, 0.29) is 23.7 Å². The molecule has 0 bridgehead atoms. The van der Waals surface area contributed by atoms with Crippen molar-refractivity contribution >= 4 is 33.8 Å². The van der Waals surface area contributed by atoms with Gasteiger partial charge in [0.05, 0.1) is 17.3 Å². The lowest BCUT2D eigenvalue weighted by Gasteiger charge is -2.29. The SMILES string of the molecule is CC(=O)c1ccc(-c2ccc3c4c(ccc3c2)OC(CNC(=O)C2CCCN(C)C2)C4)s1. The topological polar surface area (TPSA) is 58.6 Å². The second-order valence-electron chi connectivity index (χ2n) is 8.99. The Hall–Kier alpha value is -2.70. The van der Waals surface area contributed by atoms with Crippen LogP contribution in [0.2, 0.25) is 0 Å². The summed E-state index contributed by atoms with van der Waals surface area (Å²) in [6.45, 7) is 4.05. The van der Waals surface area contributed by atoms with Crippen LogP contribution in [0.5, 0.6) is 5.75 Å². The van der Waals surface area contributed by atoms with Gasteiger partial charge in [0.1, 0.15) is 11.9 Å². The number of piperidine rings is 1. The van der Waals surface area contributed by atoms with Crippen LogP contribution < -0.4 is 10.1 Å². The minimum absolute atomic E-state index is 0.0315. The van der Waals surface area contributed by atoms with Gasteiger partial charge in [-0.25, -0.2) is 0 Å². The molecule has 1 amide bonds. The minimum atomic E-state index is -0.0315. The highest BCUT2D eigenvalue weighted by molar-refractivity contribution is 7.17. The van der Waals surface area contributed by atoms with Crippen molar-refractivity contribution in [3.8, 4) is 16.2 Å². The van der Waals surface area contributed by atoms with Gasteiger partial charge in [-0.3, -0.25) is 9.59 Å². The molecule has 1 fully saturated rings. The maximum atomic E-state index is 12.6. The van der Waals surface area contributed by atoms with E-state index in [0.717, 1.165) is 58.8 Å². The van der Waals surface area contributed by atoms with Crippen LogP contribution in [0.1, 0.15) is 35.0 Å². The molecule has 0 radical (unpaired) electrons. The Morgan fingerprint density at radius 1 is 1.19 bits per heavy atom. The second kappa shape index (κ2) is 8.68. The van der Waals surface area contributed by atoms with Crippen molar-refractivity contribution < 1.29 is 14.3 Å². The van der Waals surface area contributed by atoms with Gasteiger partial charge in [-0.05, 0) is 74.0 Å². The number of Topliss-reactive ketones (excluding diaryl/α,β-unsaturated/α-hetero) is 1. The number of hydrogen-bond acceptors (Lipinski definition) is 5. The third kappa shape index (κ3) is 4.17. The van der Waals surface area contributed by atoms with Crippen molar-refractivity contribution in [3.05, 3.63) is 52.9 Å². The number of fused-ring (bicyclic) bond motifs is 3. The van der Waals surface area contributed by atoms with Crippen molar-refractivity contribution in [2.75, 3.05) is 26.7 Å². The summed E-state index contributed by atoms with van der Waals surface area (Å²) in [5, 5.41) is 5.48. The smallest absolute Gasteiger partial charge is 0.224 e. The first kappa shape index (κ1) is 21.2. The molecule has 0 saturated carbocycles. The van der Waals surface area contributed by atoms with Crippen molar-refractivity contribution in [1.29, 1.82) is 0 Å². The van der Waals surface area contributed by atoms with E-state index in [2.05, 4.69) is 41.5 Å². The molecular weight excluding hydrogens is 420 g/mol. The molecule has 3 heterocycles. The number of carbonyl (C=O) groups is 2. The summed E-state index contributed by atoms with van der Waals surface area (Å²) < 4.78 is 6.16. The number of ketones is 1. The fraction of sp³-hybridized carbons (Fsp3) is 0.385. The first-order valence-corrected chi connectivity index (χ1v) is 12.1. The van der Waals surface area contributed by atoms with Crippen LogP contribution in [0.4, 0.5) is 0 Å². The number of nitrogens with one attached hydrogen (secondary N) is 1. The van der Waals surface area contributed by atoms with Crippen LogP contribution in [-0.2, 0) is 11.2 Å². The highest BCUT2D eigenvalue weighted by atomic mass is 32.1. The van der Waals surface area contributed by atoms with E-state index in [1.54, 1.807) is 6.92 Å². The molecule has 1 N–H and O–H groups in total. The van der Waals surface area contributed by atoms with Gasteiger partial charge >= 0.3 is 0 Å². The first-order chi connectivity index (χ1) is 15.5. The van der Waals surface area contributed by atoms with Crippen LogP contribution in [-0.4, -0.2) is 49.4 Å². The normalized spacial score (nSPS) is 20.7. The summed E-state index contributed by atoms with van der Waals surface area (Å²) in [6, 6.07) is 14.5. The standard InChI is InChI=1S/C26H28N2O3S/c1-16(29)24-9-10-25(32-24)18-5-7-21-17(12-18)6-8-23-22(21)13-20(31-23)14-27-26(30)19-4-3-11-28(2)15-19/h5-10,12,19-20H,3-4,11,13-15H2,1-2H3,(H,27,30). The number of benzene rings is 2. The van der Waals surface area contributed by atoms with Gasteiger partial charge in [0.2, 0.25) is 5.91 Å². The summed E-state index contributed by atoms with van der Waals surface area (Å²) in [7, 11) is 2.08. The highest BCUT2D eigenvalue weighted by Crippen LogP contribution is 2.37.